The number of benzene rings is 2. The molecule has 0 bridgehead atoms. The molecule has 0 heteroatoms. The van der Waals surface area contributed by atoms with Gasteiger partial charge in [-0.25, -0.2) is 0 Å². The quantitative estimate of drug-likeness (QED) is 0.607. The van der Waals surface area contributed by atoms with E-state index in [1.807, 2.05) is 0 Å². The zero-order valence-electron chi connectivity index (χ0n) is 12.6. The Balaban J connectivity index is 2.10. The van der Waals surface area contributed by atoms with E-state index in [0.29, 0.717) is 5.92 Å². The van der Waals surface area contributed by atoms with Crippen molar-refractivity contribution in [1.29, 1.82) is 0 Å². The van der Waals surface area contributed by atoms with Gasteiger partial charge in [0.2, 0.25) is 0 Å². The third-order valence-electron chi connectivity index (χ3n) is 6.11. The fourth-order valence-corrected chi connectivity index (χ4v) is 5.17. The van der Waals surface area contributed by atoms with Crippen LogP contribution >= 0.6 is 0 Å². The highest BCUT2D eigenvalue weighted by molar-refractivity contribution is 5.81. The van der Waals surface area contributed by atoms with E-state index in [0.717, 1.165) is 11.8 Å². The van der Waals surface area contributed by atoms with E-state index in [2.05, 4.69) is 69.3 Å². The summed E-state index contributed by atoms with van der Waals surface area (Å²) in [6, 6.07) is 18.2. The van der Waals surface area contributed by atoms with Gasteiger partial charge in [-0.15, -0.1) is 0 Å². The SMILES string of the molecule is C[C@@H]1C[C@H](C)[C@H](C)C12c1ccccc1-c1ccccc12. The van der Waals surface area contributed by atoms with E-state index < -0.39 is 0 Å². The molecule has 0 saturated heterocycles. The molecule has 2 aromatic rings. The zero-order chi connectivity index (χ0) is 13.9. The summed E-state index contributed by atoms with van der Waals surface area (Å²) in [6.45, 7) is 7.35. The fraction of sp³-hybridized carbons (Fsp3) is 0.400. The van der Waals surface area contributed by atoms with Gasteiger partial charge in [0.1, 0.15) is 0 Å². The van der Waals surface area contributed by atoms with Crippen LogP contribution in [0, 0.1) is 17.8 Å². The highest BCUT2D eigenvalue weighted by Gasteiger charge is 2.55. The summed E-state index contributed by atoms with van der Waals surface area (Å²) in [4.78, 5) is 0. The summed E-state index contributed by atoms with van der Waals surface area (Å²) in [7, 11) is 0. The molecule has 0 amide bonds. The standard InChI is InChI=1S/C20H22/c1-13-12-14(2)20(15(13)3)18-10-6-4-8-16(18)17-9-5-7-11-19(17)20/h4-11,13-15H,12H2,1-3H3/t13-,14+,15-/m0/s1. The lowest BCUT2D eigenvalue weighted by Crippen LogP contribution is -2.34. The molecule has 0 N–H and O–H groups in total. The van der Waals surface area contributed by atoms with Crippen molar-refractivity contribution in [3.05, 3.63) is 59.7 Å². The second-order valence-electron chi connectivity index (χ2n) is 6.86. The predicted molar refractivity (Wildman–Crippen MR) is 84.8 cm³/mol. The summed E-state index contributed by atoms with van der Waals surface area (Å²) in [5, 5.41) is 0. The summed E-state index contributed by atoms with van der Waals surface area (Å²) in [5.74, 6) is 2.23. The highest BCUT2D eigenvalue weighted by atomic mass is 14.6. The van der Waals surface area contributed by atoms with Crippen LogP contribution in [-0.4, -0.2) is 0 Å². The Kier molecular flexibility index (Phi) is 2.42. The third-order valence-corrected chi connectivity index (χ3v) is 6.11. The Labute approximate surface area is 121 Å². The lowest BCUT2D eigenvalue weighted by Gasteiger charge is -2.37. The van der Waals surface area contributed by atoms with Gasteiger partial charge in [0.15, 0.2) is 0 Å². The Morgan fingerprint density at radius 3 is 1.75 bits per heavy atom. The third kappa shape index (κ3) is 1.23. The van der Waals surface area contributed by atoms with Crippen LogP contribution in [0.5, 0.6) is 0 Å². The molecular formula is C20H22. The minimum absolute atomic E-state index is 0.243. The van der Waals surface area contributed by atoms with Crippen LogP contribution in [0.1, 0.15) is 38.3 Å². The molecule has 1 fully saturated rings. The van der Waals surface area contributed by atoms with E-state index in [1.165, 1.54) is 17.5 Å². The van der Waals surface area contributed by atoms with Crippen molar-refractivity contribution in [2.24, 2.45) is 17.8 Å². The molecule has 20 heavy (non-hydrogen) atoms. The Bertz CT molecular complexity index is 622. The van der Waals surface area contributed by atoms with Crippen LogP contribution in [-0.2, 0) is 5.41 Å². The molecule has 0 nitrogen and oxygen atoms in total. The molecule has 4 rings (SSSR count). The highest BCUT2D eigenvalue weighted by Crippen LogP contribution is 2.62. The molecule has 0 aliphatic heterocycles. The summed E-state index contributed by atoms with van der Waals surface area (Å²) in [6.07, 6.45) is 1.34. The second-order valence-corrected chi connectivity index (χ2v) is 6.86. The van der Waals surface area contributed by atoms with Crippen molar-refractivity contribution < 1.29 is 0 Å². The molecule has 0 aromatic heterocycles. The van der Waals surface area contributed by atoms with E-state index in [4.69, 9.17) is 0 Å². The van der Waals surface area contributed by atoms with Crippen molar-refractivity contribution in [2.75, 3.05) is 0 Å². The Hall–Kier alpha value is -1.56. The van der Waals surface area contributed by atoms with Crippen LogP contribution in [0.25, 0.3) is 11.1 Å². The number of hydrogen-bond donors (Lipinski definition) is 0. The maximum absolute atomic E-state index is 2.47. The molecule has 1 spiro atoms. The van der Waals surface area contributed by atoms with E-state index in [1.54, 1.807) is 11.1 Å². The van der Waals surface area contributed by atoms with Crippen molar-refractivity contribution in [3.8, 4) is 11.1 Å². The van der Waals surface area contributed by atoms with Gasteiger partial charge >= 0.3 is 0 Å². The van der Waals surface area contributed by atoms with Gasteiger partial charge in [0.25, 0.3) is 0 Å². The van der Waals surface area contributed by atoms with Gasteiger partial charge in [-0.3, -0.25) is 0 Å². The molecule has 2 aliphatic carbocycles. The minimum Gasteiger partial charge on any atom is -0.0622 e. The number of fused-ring (bicyclic) bond motifs is 5. The average molecular weight is 262 g/mol. The average Bonchev–Trinajstić information content (AvgIpc) is 2.89. The van der Waals surface area contributed by atoms with Crippen molar-refractivity contribution in [3.63, 3.8) is 0 Å². The number of hydrogen-bond acceptors (Lipinski definition) is 0. The first-order valence-corrected chi connectivity index (χ1v) is 7.86. The maximum atomic E-state index is 2.47. The van der Waals surface area contributed by atoms with Gasteiger partial charge in [-0.1, -0.05) is 69.3 Å². The van der Waals surface area contributed by atoms with Crippen molar-refractivity contribution >= 4 is 0 Å². The first kappa shape index (κ1) is 12.2. The maximum Gasteiger partial charge on any atom is 0.0268 e. The Morgan fingerprint density at radius 1 is 0.800 bits per heavy atom. The molecule has 0 radical (unpaired) electrons. The smallest absolute Gasteiger partial charge is 0.0268 e. The predicted octanol–water partition coefficient (Wildman–Crippen LogP) is 5.27. The van der Waals surface area contributed by atoms with Crippen LogP contribution in [0.2, 0.25) is 0 Å². The van der Waals surface area contributed by atoms with Crippen molar-refractivity contribution in [2.45, 2.75) is 32.6 Å². The normalized spacial score (nSPS) is 29.4. The fourth-order valence-electron chi connectivity index (χ4n) is 5.17. The van der Waals surface area contributed by atoms with Gasteiger partial charge < -0.3 is 0 Å². The molecule has 2 aliphatic rings. The first-order chi connectivity index (χ1) is 9.67. The van der Waals surface area contributed by atoms with Crippen LogP contribution in [0.4, 0.5) is 0 Å². The molecule has 102 valence electrons. The van der Waals surface area contributed by atoms with Crippen LogP contribution in [0.3, 0.4) is 0 Å². The van der Waals surface area contributed by atoms with Crippen molar-refractivity contribution in [1.82, 2.24) is 0 Å². The van der Waals surface area contributed by atoms with E-state index in [9.17, 15) is 0 Å². The lowest BCUT2D eigenvalue weighted by atomic mass is 9.66. The summed E-state index contributed by atoms with van der Waals surface area (Å²) < 4.78 is 0. The number of rotatable bonds is 0. The zero-order valence-corrected chi connectivity index (χ0v) is 12.6. The lowest BCUT2D eigenvalue weighted by molar-refractivity contribution is 0.316. The topological polar surface area (TPSA) is 0 Å². The first-order valence-electron chi connectivity index (χ1n) is 7.86. The largest absolute Gasteiger partial charge is 0.0622 e. The molecule has 2 aromatic carbocycles. The molecular weight excluding hydrogens is 240 g/mol. The summed E-state index contributed by atoms with van der Waals surface area (Å²) in [5.41, 5.74) is 6.33. The Morgan fingerprint density at radius 2 is 1.30 bits per heavy atom. The van der Waals surface area contributed by atoms with E-state index in [-0.39, 0.29) is 5.41 Å². The van der Waals surface area contributed by atoms with Crippen LogP contribution < -0.4 is 0 Å². The van der Waals surface area contributed by atoms with Gasteiger partial charge in [0.05, 0.1) is 0 Å². The van der Waals surface area contributed by atoms with E-state index >= 15 is 0 Å². The monoisotopic (exact) mass is 262 g/mol. The molecule has 1 saturated carbocycles. The van der Waals surface area contributed by atoms with Gasteiger partial charge in [0, 0.05) is 5.41 Å². The molecule has 3 atom stereocenters. The molecule has 0 unspecified atom stereocenters. The minimum atomic E-state index is 0.243. The van der Waals surface area contributed by atoms with Crippen LogP contribution in [0.15, 0.2) is 48.5 Å². The van der Waals surface area contributed by atoms with Gasteiger partial charge in [-0.05, 0) is 46.4 Å². The summed E-state index contributed by atoms with van der Waals surface area (Å²) >= 11 is 0. The second kappa shape index (κ2) is 3.97. The molecule has 0 heterocycles. The van der Waals surface area contributed by atoms with Gasteiger partial charge in [-0.2, -0.15) is 0 Å².